The Morgan fingerprint density at radius 2 is 2.20 bits per heavy atom. The highest BCUT2D eigenvalue weighted by atomic mass is 15.1. The van der Waals surface area contributed by atoms with Crippen molar-refractivity contribution in [1.82, 2.24) is 14.9 Å². The molecule has 106 valence electrons. The molecule has 1 saturated heterocycles. The quantitative estimate of drug-likeness (QED) is 0.918. The lowest BCUT2D eigenvalue weighted by molar-refractivity contribution is 0.402. The second kappa shape index (κ2) is 5.80. The minimum Gasteiger partial charge on any atom is -0.309 e. The van der Waals surface area contributed by atoms with Crippen LogP contribution in [0.15, 0.2) is 36.8 Å². The van der Waals surface area contributed by atoms with E-state index in [1.54, 1.807) is 0 Å². The second-order valence-electron chi connectivity index (χ2n) is 5.94. The fourth-order valence-electron chi connectivity index (χ4n) is 2.92. The Balaban J connectivity index is 1.94. The highest BCUT2D eigenvalue weighted by molar-refractivity contribution is 5.39. The highest BCUT2D eigenvalue weighted by Gasteiger charge is 2.19. The van der Waals surface area contributed by atoms with E-state index < -0.39 is 0 Å². The van der Waals surface area contributed by atoms with Crippen molar-refractivity contribution >= 4 is 0 Å². The standard InChI is InChI=1S/C17H23N3/c1-13(2)14-6-5-7-15(10-14)20-12-18-11-17(20)16-8-3-4-9-19-16/h5-7,10-13,16,19H,3-4,8-9H2,1-2H3. The molecule has 0 spiro atoms. The Labute approximate surface area is 121 Å². The summed E-state index contributed by atoms with van der Waals surface area (Å²) in [6.07, 6.45) is 7.73. The van der Waals surface area contributed by atoms with E-state index in [9.17, 15) is 0 Å². The predicted molar refractivity (Wildman–Crippen MR) is 82.2 cm³/mol. The van der Waals surface area contributed by atoms with Crippen molar-refractivity contribution < 1.29 is 0 Å². The van der Waals surface area contributed by atoms with Crippen molar-refractivity contribution in [3.05, 3.63) is 48.0 Å². The molecule has 2 heterocycles. The zero-order valence-electron chi connectivity index (χ0n) is 12.3. The average molecular weight is 269 g/mol. The third-order valence-corrected chi connectivity index (χ3v) is 4.15. The van der Waals surface area contributed by atoms with Crippen molar-refractivity contribution in [2.24, 2.45) is 0 Å². The first-order valence-electron chi connectivity index (χ1n) is 7.61. The Hall–Kier alpha value is -1.61. The van der Waals surface area contributed by atoms with E-state index in [2.05, 4.69) is 53.0 Å². The van der Waals surface area contributed by atoms with Gasteiger partial charge in [-0.2, -0.15) is 0 Å². The first-order chi connectivity index (χ1) is 9.75. The topological polar surface area (TPSA) is 29.9 Å². The van der Waals surface area contributed by atoms with E-state index >= 15 is 0 Å². The normalized spacial score (nSPS) is 19.4. The summed E-state index contributed by atoms with van der Waals surface area (Å²) in [5, 5.41) is 3.61. The summed E-state index contributed by atoms with van der Waals surface area (Å²) in [5.74, 6) is 0.551. The van der Waals surface area contributed by atoms with E-state index in [0.717, 1.165) is 6.54 Å². The van der Waals surface area contributed by atoms with Gasteiger partial charge in [-0.15, -0.1) is 0 Å². The van der Waals surface area contributed by atoms with Crippen LogP contribution >= 0.6 is 0 Å². The summed E-state index contributed by atoms with van der Waals surface area (Å²) in [6.45, 7) is 5.58. The number of imidazole rings is 1. The van der Waals surface area contributed by atoms with Crippen LogP contribution in [0, 0.1) is 0 Å². The molecule has 1 fully saturated rings. The van der Waals surface area contributed by atoms with Gasteiger partial charge in [-0.05, 0) is 43.0 Å². The van der Waals surface area contributed by atoms with E-state index in [1.807, 2.05) is 12.5 Å². The molecule has 0 aliphatic carbocycles. The Bertz CT molecular complexity index is 565. The van der Waals surface area contributed by atoms with Gasteiger partial charge in [-0.25, -0.2) is 4.98 Å². The molecule has 0 bridgehead atoms. The molecular formula is C17H23N3. The number of benzene rings is 1. The van der Waals surface area contributed by atoms with Gasteiger partial charge in [0.15, 0.2) is 0 Å². The van der Waals surface area contributed by atoms with Gasteiger partial charge in [-0.3, -0.25) is 0 Å². The monoisotopic (exact) mass is 269 g/mol. The summed E-state index contributed by atoms with van der Waals surface area (Å²) in [5.41, 5.74) is 3.88. The lowest BCUT2D eigenvalue weighted by Crippen LogP contribution is -2.28. The smallest absolute Gasteiger partial charge is 0.0994 e. The predicted octanol–water partition coefficient (Wildman–Crippen LogP) is 3.81. The van der Waals surface area contributed by atoms with Gasteiger partial charge in [0.2, 0.25) is 0 Å². The molecule has 0 amide bonds. The van der Waals surface area contributed by atoms with Gasteiger partial charge in [0, 0.05) is 11.7 Å². The number of nitrogens with one attached hydrogen (secondary N) is 1. The number of rotatable bonds is 3. The molecular weight excluding hydrogens is 246 g/mol. The Kier molecular flexibility index (Phi) is 3.88. The van der Waals surface area contributed by atoms with Crippen molar-refractivity contribution in [2.45, 2.75) is 45.1 Å². The molecule has 2 aromatic rings. The van der Waals surface area contributed by atoms with E-state index in [4.69, 9.17) is 0 Å². The molecule has 0 radical (unpaired) electrons. The maximum absolute atomic E-state index is 4.37. The summed E-state index contributed by atoms with van der Waals surface area (Å²) in [6, 6.07) is 9.22. The molecule has 0 saturated carbocycles. The van der Waals surface area contributed by atoms with Gasteiger partial charge in [0.05, 0.1) is 18.2 Å². The average Bonchev–Trinajstić information content (AvgIpc) is 2.98. The Morgan fingerprint density at radius 1 is 1.30 bits per heavy atom. The van der Waals surface area contributed by atoms with Crippen molar-refractivity contribution in [2.75, 3.05) is 6.54 Å². The van der Waals surface area contributed by atoms with Crippen LogP contribution in [-0.4, -0.2) is 16.1 Å². The fourth-order valence-corrected chi connectivity index (χ4v) is 2.92. The third kappa shape index (κ3) is 2.63. The SMILES string of the molecule is CC(C)c1cccc(-n2cncc2C2CCCCN2)c1. The maximum Gasteiger partial charge on any atom is 0.0994 e. The van der Waals surface area contributed by atoms with Crippen LogP contribution in [0.2, 0.25) is 0 Å². The number of aromatic nitrogens is 2. The third-order valence-electron chi connectivity index (χ3n) is 4.15. The zero-order chi connectivity index (χ0) is 13.9. The summed E-state index contributed by atoms with van der Waals surface area (Å²) in [4.78, 5) is 4.37. The lowest BCUT2D eigenvalue weighted by atomic mass is 10.0. The Morgan fingerprint density at radius 3 is 2.95 bits per heavy atom. The minimum atomic E-state index is 0.439. The van der Waals surface area contributed by atoms with Crippen molar-refractivity contribution in [1.29, 1.82) is 0 Å². The molecule has 3 nitrogen and oxygen atoms in total. The maximum atomic E-state index is 4.37. The van der Waals surface area contributed by atoms with Crippen LogP contribution in [-0.2, 0) is 0 Å². The summed E-state index contributed by atoms with van der Waals surface area (Å²) < 4.78 is 2.23. The number of piperidine rings is 1. The van der Waals surface area contributed by atoms with Gasteiger partial charge < -0.3 is 9.88 Å². The van der Waals surface area contributed by atoms with Gasteiger partial charge in [0.25, 0.3) is 0 Å². The molecule has 1 atom stereocenters. The van der Waals surface area contributed by atoms with Crippen LogP contribution in [0.25, 0.3) is 5.69 Å². The van der Waals surface area contributed by atoms with Crippen LogP contribution in [0.1, 0.15) is 56.3 Å². The van der Waals surface area contributed by atoms with Crippen LogP contribution in [0.5, 0.6) is 0 Å². The lowest BCUT2D eigenvalue weighted by Gasteiger charge is -2.24. The first-order valence-corrected chi connectivity index (χ1v) is 7.61. The summed E-state index contributed by atoms with van der Waals surface area (Å²) >= 11 is 0. The molecule has 1 aliphatic rings. The molecule has 3 heteroatoms. The molecule has 1 aromatic heterocycles. The van der Waals surface area contributed by atoms with Crippen molar-refractivity contribution in [3.8, 4) is 5.69 Å². The van der Waals surface area contributed by atoms with Gasteiger partial charge >= 0.3 is 0 Å². The van der Waals surface area contributed by atoms with Crippen LogP contribution in [0.3, 0.4) is 0 Å². The largest absolute Gasteiger partial charge is 0.309 e. The molecule has 1 aliphatic heterocycles. The van der Waals surface area contributed by atoms with Gasteiger partial charge in [-0.1, -0.05) is 32.4 Å². The van der Waals surface area contributed by atoms with Gasteiger partial charge in [0.1, 0.15) is 0 Å². The van der Waals surface area contributed by atoms with E-state index in [1.165, 1.54) is 36.2 Å². The first kappa shape index (κ1) is 13.4. The van der Waals surface area contributed by atoms with Crippen LogP contribution in [0.4, 0.5) is 0 Å². The van der Waals surface area contributed by atoms with Crippen molar-refractivity contribution in [3.63, 3.8) is 0 Å². The summed E-state index contributed by atoms with van der Waals surface area (Å²) in [7, 11) is 0. The fraction of sp³-hybridized carbons (Fsp3) is 0.471. The number of hydrogen-bond acceptors (Lipinski definition) is 2. The van der Waals surface area contributed by atoms with Crippen LogP contribution < -0.4 is 5.32 Å². The molecule has 20 heavy (non-hydrogen) atoms. The number of hydrogen-bond donors (Lipinski definition) is 1. The highest BCUT2D eigenvalue weighted by Crippen LogP contribution is 2.26. The molecule has 1 unspecified atom stereocenters. The van der Waals surface area contributed by atoms with E-state index in [-0.39, 0.29) is 0 Å². The molecule has 1 N–H and O–H groups in total. The molecule has 3 rings (SSSR count). The van der Waals surface area contributed by atoms with E-state index in [0.29, 0.717) is 12.0 Å². The zero-order valence-corrected chi connectivity index (χ0v) is 12.3. The minimum absolute atomic E-state index is 0.439. The number of nitrogens with zero attached hydrogens (tertiary/aromatic N) is 2. The molecule has 1 aromatic carbocycles. The second-order valence-corrected chi connectivity index (χ2v) is 5.94.